The van der Waals surface area contributed by atoms with Crippen LogP contribution in [0.25, 0.3) is 0 Å². The molecule has 0 aliphatic carbocycles. The van der Waals surface area contributed by atoms with Crippen LogP contribution in [0.1, 0.15) is 12.5 Å². The topological polar surface area (TPSA) is 56.1 Å². The normalized spacial score (nSPS) is 9.60. The first-order valence-electron chi connectivity index (χ1n) is 6.38. The fourth-order valence-electron chi connectivity index (χ4n) is 1.87. The Hall–Kier alpha value is -2.80. The second-order valence-corrected chi connectivity index (χ2v) is 4.20. The van der Waals surface area contributed by atoms with E-state index in [1.165, 1.54) is 0 Å². The van der Waals surface area contributed by atoms with Crippen LogP contribution in [0.15, 0.2) is 54.6 Å². The minimum absolute atomic E-state index is 0.191. The van der Waals surface area contributed by atoms with E-state index in [9.17, 15) is 4.79 Å². The van der Waals surface area contributed by atoms with Gasteiger partial charge in [-0.25, -0.2) is 4.79 Å². The minimum Gasteiger partial charge on any atom is -0.308 e. The number of anilines is 2. The molecule has 4 heteroatoms. The number of carbonyl (C=O) groups excluding carboxylic acids is 1. The molecule has 100 valence electrons. The molecule has 0 spiro atoms. The molecular formula is C16H15N3O. The second kappa shape index (κ2) is 6.39. The van der Waals surface area contributed by atoms with Gasteiger partial charge in [-0.15, -0.1) is 0 Å². The third kappa shape index (κ3) is 3.15. The Labute approximate surface area is 118 Å². The number of nitrogens with zero attached hydrogens (tertiary/aromatic N) is 2. The van der Waals surface area contributed by atoms with Crippen LogP contribution in [0, 0.1) is 11.3 Å². The molecule has 0 unspecified atom stereocenters. The summed E-state index contributed by atoms with van der Waals surface area (Å²) in [7, 11) is 0. The highest BCUT2D eigenvalue weighted by Crippen LogP contribution is 2.15. The Morgan fingerprint density at radius 2 is 1.80 bits per heavy atom. The van der Waals surface area contributed by atoms with Crippen molar-refractivity contribution in [3.8, 4) is 6.07 Å². The second-order valence-electron chi connectivity index (χ2n) is 4.20. The van der Waals surface area contributed by atoms with E-state index in [1.54, 1.807) is 29.2 Å². The third-order valence-corrected chi connectivity index (χ3v) is 2.89. The SMILES string of the molecule is CCN(C(=O)Nc1ccc(C#N)cc1)c1ccccc1. The summed E-state index contributed by atoms with van der Waals surface area (Å²) in [6.07, 6.45) is 0. The van der Waals surface area contributed by atoms with Crippen molar-refractivity contribution in [2.75, 3.05) is 16.8 Å². The molecule has 0 aliphatic rings. The van der Waals surface area contributed by atoms with E-state index in [0.29, 0.717) is 17.8 Å². The molecule has 0 aliphatic heterocycles. The zero-order chi connectivity index (χ0) is 14.4. The number of hydrogen-bond donors (Lipinski definition) is 1. The lowest BCUT2D eigenvalue weighted by molar-refractivity contribution is 0.257. The molecule has 4 nitrogen and oxygen atoms in total. The van der Waals surface area contributed by atoms with Crippen molar-refractivity contribution >= 4 is 17.4 Å². The van der Waals surface area contributed by atoms with E-state index in [-0.39, 0.29) is 6.03 Å². The first-order valence-corrected chi connectivity index (χ1v) is 6.38. The van der Waals surface area contributed by atoms with Crippen molar-refractivity contribution in [2.24, 2.45) is 0 Å². The average molecular weight is 265 g/mol. The number of rotatable bonds is 3. The van der Waals surface area contributed by atoms with Crippen LogP contribution in [0.5, 0.6) is 0 Å². The van der Waals surface area contributed by atoms with Gasteiger partial charge in [-0.2, -0.15) is 5.26 Å². The van der Waals surface area contributed by atoms with Gasteiger partial charge in [0.15, 0.2) is 0 Å². The third-order valence-electron chi connectivity index (χ3n) is 2.89. The first kappa shape index (κ1) is 13.6. The van der Waals surface area contributed by atoms with E-state index in [2.05, 4.69) is 5.32 Å². The quantitative estimate of drug-likeness (QED) is 0.921. The lowest BCUT2D eigenvalue weighted by Gasteiger charge is -2.21. The number of amides is 2. The summed E-state index contributed by atoms with van der Waals surface area (Å²) in [5, 5.41) is 11.6. The molecule has 0 saturated heterocycles. The van der Waals surface area contributed by atoms with E-state index < -0.39 is 0 Å². The molecule has 1 N–H and O–H groups in total. The number of carbonyl (C=O) groups is 1. The van der Waals surface area contributed by atoms with Crippen LogP contribution in [-0.2, 0) is 0 Å². The maximum Gasteiger partial charge on any atom is 0.326 e. The van der Waals surface area contributed by atoms with E-state index in [1.807, 2.05) is 43.3 Å². The predicted molar refractivity (Wildman–Crippen MR) is 79.6 cm³/mol. The summed E-state index contributed by atoms with van der Waals surface area (Å²) < 4.78 is 0. The molecule has 0 saturated carbocycles. The number of hydrogen-bond acceptors (Lipinski definition) is 2. The molecule has 0 fully saturated rings. The lowest BCUT2D eigenvalue weighted by atomic mass is 10.2. The Morgan fingerprint density at radius 1 is 1.15 bits per heavy atom. The maximum absolute atomic E-state index is 12.2. The zero-order valence-electron chi connectivity index (χ0n) is 11.2. The summed E-state index contributed by atoms with van der Waals surface area (Å²) in [5.41, 5.74) is 2.09. The van der Waals surface area contributed by atoms with Gasteiger partial charge in [-0.3, -0.25) is 4.90 Å². The van der Waals surface area contributed by atoms with Crippen molar-refractivity contribution in [3.63, 3.8) is 0 Å². The van der Waals surface area contributed by atoms with Crippen LogP contribution in [0.4, 0.5) is 16.2 Å². The van der Waals surface area contributed by atoms with Crippen LogP contribution in [0.2, 0.25) is 0 Å². The standard InChI is InChI=1S/C16H15N3O/c1-2-19(15-6-4-3-5-7-15)16(20)18-14-10-8-13(12-17)9-11-14/h3-11H,2H2,1H3,(H,18,20). The highest BCUT2D eigenvalue weighted by Gasteiger charge is 2.13. The Kier molecular flexibility index (Phi) is 4.35. The summed E-state index contributed by atoms with van der Waals surface area (Å²) >= 11 is 0. The number of nitrogens with one attached hydrogen (secondary N) is 1. The van der Waals surface area contributed by atoms with Gasteiger partial charge in [0.1, 0.15) is 0 Å². The summed E-state index contributed by atoms with van der Waals surface area (Å²) in [6.45, 7) is 2.50. The number of urea groups is 1. The molecular weight excluding hydrogens is 250 g/mol. The van der Waals surface area contributed by atoms with Gasteiger partial charge in [0.25, 0.3) is 0 Å². The van der Waals surface area contributed by atoms with Gasteiger partial charge >= 0.3 is 6.03 Å². The average Bonchev–Trinajstić information content (AvgIpc) is 2.50. The van der Waals surface area contributed by atoms with Gasteiger partial charge in [0.05, 0.1) is 11.6 Å². The van der Waals surface area contributed by atoms with Gasteiger partial charge in [0, 0.05) is 17.9 Å². The van der Waals surface area contributed by atoms with Gasteiger partial charge in [0.2, 0.25) is 0 Å². The fraction of sp³-hybridized carbons (Fsp3) is 0.125. The molecule has 20 heavy (non-hydrogen) atoms. The monoisotopic (exact) mass is 265 g/mol. The minimum atomic E-state index is -0.191. The van der Waals surface area contributed by atoms with Crippen molar-refractivity contribution < 1.29 is 4.79 Å². The van der Waals surface area contributed by atoms with Crippen molar-refractivity contribution in [1.82, 2.24) is 0 Å². The molecule has 2 rings (SSSR count). The lowest BCUT2D eigenvalue weighted by Crippen LogP contribution is -2.34. The summed E-state index contributed by atoms with van der Waals surface area (Å²) in [4.78, 5) is 13.9. The number of benzene rings is 2. The number of para-hydroxylation sites is 1. The van der Waals surface area contributed by atoms with Crippen molar-refractivity contribution in [3.05, 3.63) is 60.2 Å². The Morgan fingerprint density at radius 3 is 2.35 bits per heavy atom. The van der Waals surface area contributed by atoms with Crippen molar-refractivity contribution in [2.45, 2.75) is 6.92 Å². The highest BCUT2D eigenvalue weighted by molar-refractivity contribution is 6.01. The van der Waals surface area contributed by atoms with Crippen LogP contribution >= 0.6 is 0 Å². The van der Waals surface area contributed by atoms with Crippen LogP contribution < -0.4 is 10.2 Å². The van der Waals surface area contributed by atoms with E-state index in [4.69, 9.17) is 5.26 Å². The molecule has 2 aromatic carbocycles. The van der Waals surface area contributed by atoms with Gasteiger partial charge in [-0.05, 0) is 43.3 Å². The molecule has 0 atom stereocenters. The molecule has 0 bridgehead atoms. The van der Waals surface area contributed by atoms with Gasteiger partial charge < -0.3 is 5.32 Å². The molecule has 0 heterocycles. The summed E-state index contributed by atoms with van der Waals surface area (Å²) in [6, 6.07) is 18.1. The van der Waals surface area contributed by atoms with Crippen molar-refractivity contribution in [1.29, 1.82) is 5.26 Å². The fourth-order valence-corrected chi connectivity index (χ4v) is 1.87. The van der Waals surface area contributed by atoms with Crippen LogP contribution in [-0.4, -0.2) is 12.6 Å². The van der Waals surface area contributed by atoms with E-state index >= 15 is 0 Å². The summed E-state index contributed by atoms with van der Waals surface area (Å²) in [5.74, 6) is 0. The molecule has 2 aromatic rings. The predicted octanol–water partition coefficient (Wildman–Crippen LogP) is 3.62. The molecule has 0 aromatic heterocycles. The number of nitriles is 1. The largest absolute Gasteiger partial charge is 0.326 e. The Bertz CT molecular complexity index is 614. The highest BCUT2D eigenvalue weighted by atomic mass is 16.2. The van der Waals surface area contributed by atoms with E-state index in [0.717, 1.165) is 5.69 Å². The smallest absolute Gasteiger partial charge is 0.308 e. The first-order chi connectivity index (χ1) is 9.74. The maximum atomic E-state index is 12.2. The zero-order valence-corrected chi connectivity index (χ0v) is 11.2. The molecule has 0 radical (unpaired) electrons. The molecule has 2 amide bonds. The van der Waals surface area contributed by atoms with Crippen LogP contribution in [0.3, 0.4) is 0 Å². The van der Waals surface area contributed by atoms with Gasteiger partial charge in [-0.1, -0.05) is 18.2 Å². The Balaban J connectivity index is 2.11.